The van der Waals surface area contributed by atoms with E-state index in [-0.39, 0.29) is 79.8 Å². The average molecular weight is 283 g/mol. The fourth-order valence-corrected chi connectivity index (χ4v) is 0. The van der Waals surface area contributed by atoms with Crippen molar-refractivity contribution >= 4 is 0 Å². The van der Waals surface area contributed by atoms with Crippen molar-refractivity contribution in [3.8, 4) is 0 Å². The van der Waals surface area contributed by atoms with Gasteiger partial charge in [0.15, 0.2) is 0 Å². The van der Waals surface area contributed by atoms with Crippen LogP contribution in [0.5, 0.6) is 0 Å². The maximum absolute atomic E-state index is 0. The van der Waals surface area contributed by atoms with Gasteiger partial charge in [-0.3, -0.25) is 0 Å². The zero-order valence-electron chi connectivity index (χ0n) is 3.15. The molecule has 0 atom stereocenters. The smallest absolute Gasteiger partial charge is 0.870 e. The van der Waals surface area contributed by atoms with Gasteiger partial charge in [-0.25, -0.2) is 0 Å². The third-order valence-electron chi connectivity index (χ3n) is 0. The quantitative estimate of drug-likeness (QED) is 0.565. The van der Waals surface area contributed by atoms with Gasteiger partial charge in [0.2, 0.25) is 0 Å². The van der Waals surface area contributed by atoms with Gasteiger partial charge in [-0.2, -0.15) is 0 Å². The van der Waals surface area contributed by atoms with E-state index < -0.39 is 0 Å². The molecular weight excluding hydrogens is 278 g/mol. The number of rotatable bonds is 0. The SMILES string of the molecule is [Co+2].[La+3].[OH-].[OH-].[OH-].[OH-].[OH-]. The molecule has 0 unspecified atom stereocenters. The molecule has 0 heterocycles. The van der Waals surface area contributed by atoms with Crippen molar-refractivity contribution in [3.63, 3.8) is 0 Å². The summed E-state index contributed by atoms with van der Waals surface area (Å²) in [5.74, 6) is 0. The Balaban J connectivity index is 0. The summed E-state index contributed by atoms with van der Waals surface area (Å²) in [6.45, 7) is 0. The molecule has 5 N–H and O–H groups in total. The van der Waals surface area contributed by atoms with E-state index in [1.54, 1.807) is 0 Å². The largest absolute Gasteiger partial charge is 3.00 e. The van der Waals surface area contributed by atoms with Crippen LogP contribution in [0.25, 0.3) is 0 Å². The van der Waals surface area contributed by atoms with Crippen molar-refractivity contribution in [2.24, 2.45) is 0 Å². The summed E-state index contributed by atoms with van der Waals surface area (Å²) in [5, 5.41) is 0. The first-order valence-electron chi connectivity index (χ1n) is 0. The standard InChI is InChI=1S/Co.La.5H2O/h;;5*1H2/q+2;+3;;;;;/p-5. The van der Waals surface area contributed by atoms with Gasteiger partial charge in [-0.15, -0.1) is 0 Å². The zero-order chi connectivity index (χ0) is 0. The Kier molecular flexibility index (Phi) is 4270. The maximum Gasteiger partial charge on any atom is 3.00 e. The van der Waals surface area contributed by atoms with Crippen molar-refractivity contribution in [2.45, 2.75) is 0 Å². The molecule has 0 rings (SSSR count). The van der Waals surface area contributed by atoms with E-state index >= 15 is 0 Å². The van der Waals surface area contributed by atoms with Gasteiger partial charge >= 0.3 is 52.4 Å². The molecule has 1 radical (unpaired) electrons. The van der Waals surface area contributed by atoms with Gasteiger partial charge in [-0.05, 0) is 0 Å². The second-order valence-corrected chi connectivity index (χ2v) is 0. The molecule has 0 aliphatic heterocycles. The molecule has 7 heavy (non-hydrogen) atoms. The van der Waals surface area contributed by atoms with Gasteiger partial charge in [0.1, 0.15) is 0 Å². The summed E-state index contributed by atoms with van der Waals surface area (Å²) in [6, 6.07) is 0. The molecule has 0 aromatic rings. The van der Waals surface area contributed by atoms with Gasteiger partial charge in [-0.1, -0.05) is 0 Å². The molecular formula is H5CoLaO5. The predicted molar refractivity (Wildman–Crippen MR) is 9.68 cm³/mol. The van der Waals surface area contributed by atoms with Gasteiger partial charge in [0, 0.05) is 0 Å². The Morgan fingerprint density at radius 2 is 0.429 bits per heavy atom. The molecule has 0 aromatic carbocycles. The summed E-state index contributed by atoms with van der Waals surface area (Å²) in [6.07, 6.45) is 0. The first-order valence-corrected chi connectivity index (χ1v) is 0. The van der Waals surface area contributed by atoms with E-state index in [1.165, 1.54) is 0 Å². The average Bonchev–Trinajstić information content (AvgIpc) is 0. The van der Waals surface area contributed by atoms with Crippen molar-refractivity contribution < 1.29 is 79.8 Å². The third kappa shape index (κ3) is 101. The molecule has 0 saturated carbocycles. The maximum atomic E-state index is 0. The Morgan fingerprint density at radius 1 is 0.429 bits per heavy atom. The molecule has 0 spiro atoms. The molecule has 0 saturated heterocycles. The Morgan fingerprint density at radius 3 is 0.429 bits per heavy atom. The van der Waals surface area contributed by atoms with Crippen LogP contribution in [-0.4, -0.2) is 27.4 Å². The van der Waals surface area contributed by atoms with Crippen LogP contribution in [0.1, 0.15) is 0 Å². The van der Waals surface area contributed by atoms with Crippen molar-refractivity contribution in [1.29, 1.82) is 0 Å². The predicted octanol–water partition coefficient (Wildman–Crippen LogP) is -0.886. The molecule has 0 aliphatic carbocycles. The summed E-state index contributed by atoms with van der Waals surface area (Å²) in [7, 11) is 0. The molecule has 0 aliphatic rings. The van der Waals surface area contributed by atoms with Crippen LogP contribution in [0.15, 0.2) is 0 Å². The second-order valence-electron chi connectivity index (χ2n) is 0. The normalized spacial score (nSPS) is 0. The number of hydrogen-bond acceptors (Lipinski definition) is 5. The van der Waals surface area contributed by atoms with Crippen LogP contribution in [0.2, 0.25) is 0 Å². The van der Waals surface area contributed by atoms with Crippen LogP contribution >= 0.6 is 0 Å². The van der Waals surface area contributed by atoms with Crippen molar-refractivity contribution in [1.82, 2.24) is 0 Å². The second kappa shape index (κ2) is 141. The Labute approximate surface area is 79.2 Å². The van der Waals surface area contributed by atoms with Crippen LogP contribution in [0.3, 0.4) is 0 Å². The van der Waals surface area contributed by atoms with Crippen molar-refractivity contribution in [2.75, 3.05) is 0 Å². The van der Waals surface area contributed by atoms with E-state index in [2.05, 4.69) is 0 Å². The summed E-state index contributed by atoms with van der Waals surface area (Å²) < 4.78 is 0. The molecule has 5 nitrogen and oxygen atoms in total. The topological polar surface area (TPSA) is 150 Å². The van der Waals surface area contributed by atoms with E-state index in [4.69, 9.17) is 0 Å². The summed E-state index contributed by atoms with van der Waals surface area (Å²) in [4.78, 5) is 0. The minimum Gasteiger partial charge on any atom is -0.870 e. The molecule has 0 fully saturated rings. The van der Waals surface area contributed by atoms with Gasteiger partial charge in [0.25, 0.3) is 0 Å². The van der Waals surface area contributed by atoms with E-state index in [0.717, 1.165) is 0 Å². The van der Waals surface area contributed by atoms with Crippen molar-refractivity contribution in [3.05, 3.63) is 0 Å². The van der Waals surface area contributed by atoms with Crippen LogP contribution in [0.4, 0.5) is 0 Å². The Hall–Kier alpha value is 1.50. The zero-order valence-corrected chi connectivity index (χ0v) is 7.81. The van der Waals surface area contributed by atoms with Gasteiger partial charge in [0.05, 0.1) is 0 Å². The molecule has 7 heteroatoms. The van der Waals surface area contributed by atoms with E-state index in [9.17, 15) is 0 Å². The molecule has 0 amide bonds. The number of hydrogen-bond donors (Lipinski definition) is 0. The monoisotopic (exact) mass is 283 g/mol. The van der Waals surface area contributed by atoms with Crippen LogP contribution < -0.4 is 0 Å². The van der Waals surface area contributed by atoms with Crippen LogP contribution in [-0.2, 0) is 16.8 Å². The van der Waals surface area contributed by atoms with Crippen LogP contribution in [0, 0.1) is 35.6 Å². The Bertz CT molecular complexity index is 8.04. The summed E-state index contributed by atoms with van der Waals surface area (Å²) in [5.41, 5.74) is 0. The summed E-state index contributed by atoms with van der Waals surface area (Å²) >= 11 is 0. The molecule has 0 bridgehead atoms. The van der Waals surface area contributed by atoms with Gasteiger partial charge < -0.3 is 27.4 Å². The minimum atomic E-state index is 0. The minimum absolute atomic E-state index is 0. The molecule has 0 aromatic heterocycles. The van der Waals surface area contributed by atoms with E-state index in [0.29, 0.717) is 0 Å². The fourth-order valence-electron chi connectivity index (χ4n) is 0. The van der Waals surface area contributed by atoms with E-state index in [1.807, 2.05) is 0 Å². The first-order chi connectivity index (χ1) is 0. The fraction of sp³-hybridized carbons (Fsp3) is 0. The third-order valence-corrected chi connectivity index (χ3v) is 0. The molecule has 47 valence electrons. The first kappa shape index (κ1) is 212.